The Hall–Kier alpha value is -1.30. The second-order valence-electron chi connectivity index (χ2n) is 7.65. The molecule has 0 aromatic rings. The zero-order valence-corrected chi connectivity index (χ0v) is 17.2. The lowest BCUT2D eigenvalue weighted by molar-refractivity contribution is -0.151. The average molecular weight is 348 g/mol. The predicted octanol–water partition coefficient (Wildman–Crippen LogP) is 6.05. The third kappa shape index (κ3) is 4.87. The highest BCUT2D eigenvalue weighted by molar-refractivity contribution is 5.76. The molecule has 0 N–H and O–H groups in total. The molecule has 0 amide bonds. The van der Waals surface area contributed by atoms with Crippen LogP contribution >= 0.6 is 0 Å². The molecule has 25 heavy (non-hydrogen) atoms. The Balaban J connectivity index is 3.10. The van der Waals surface area contributed by atoms with E-state index in [1.165, 1.54) is 6.42 Å². The van der Waals surface area contributed by atoms with E-state index in [0.717, 1.165) is 38.5 Å². The fourth-order valence-electron chi connectivity index (χ4n) is 4.68. The summed E-state index contributed by atoms with van der Waals surface area (Å²) in [7, 11) is 0. The number of carbonyl (C=O) groups is 1. The summed E-state index contributed by atoms with van der Waals surface area (Å²) in [6, 6.07) is 2.29. The summed E-state index contributed by atoms with van der Waals surface area (Å²) >= 11 is 0. The summed E-state index contributed by atoms with van der Waals surface area (Å²) in [4.78, 5) is 12.4. The quantitative estimate of drug-likeness (QED) is 0.377. The molecule has 0 heterocycles. The molecule has 0 aromatic carbocycles. The Morgan fingerprint density at radius 3 is 2.16 bits per heavy atom. The Morgan fingerprint density at radius 2 is 1.72 bits per heavy atom. The van der Waals surface area contributed by atoms with E-state index in [-0.39, 0.29) is 11.4 Å². The fraction of sp³-hybridized carbons (Fsp3) is 0.818. The van der Waals surface area contributed by atoms with E-state index in [9.17, 15) is 10.1 Å². The number of esters is 1. The second kappa shape index (κ2) is 10.00. The molecule has 1 unspecified atom stereocenters. The molecule has 1 aliphatic carbocycles. The second-order valence-corrected chi connectivity index (χ2v) is 7.65. The summed E-state index contributed by atoms with van der Waals surface area (Å²) in [5, 5.41) is 9.73. The number of carbonyl (C=O) groups excluding carboxylic acids is 1. The van der Waals surface area contributed by atoms with Gasteiger partial charge >= 0.3 is 5.97 Å². The van der Waals surface area contributed by atoms with E-state index >= 15 is 0 Å². The van der Waals surface area contributed by atoms with Gasteiger partial charge in [0.2, 0.25) is 0 Å². The van der Waals surface area contributed by atoms with E-state index < -0.39 is 5.92 Å². The lowest BCUT2D eigenvalue weighted by atomic mass is 9.62. The van der Waals surface area contributed by atoms with Gasteiger partial charge in [0.1, 0.15) is 5.92 Å². The first kappa shape index (κ1) is 21.7. The van der Waals surface area contributed by atoms with Gasteiger partial charge in [-0.25, -0.2) is 0 Å². The van der Waals surface area contributed by atoms with Crippen LogP contribution in [0.15, 0.2) is 11.1 Å². The van der Waals surface area contributed by atoms with E-state index in [0.29, 0.717) is 18.4 Å². The van der Waals surface area contributed by atoms with Crippen molar-refractivity contribution in [3.05, 3.63) is 11.1 Å². The molecule has 0 aromatic heterocycles. The maximum absolute atomic E-state index is 12.4. The molecule has 3 heteroatoms. The lowest BCUT2D eigenvalue weighted by Gasteiger charge is -2.42. The van der Waals surface area contributed by atoms with Crippen LogP contribution in [0.3, 0.4) is 0 Å². The van der Waals surface area contributed by atoms with Crippen LogP contribution in [-0.2, 0) is 9.53 Å². The first-order chi connectivity index (χ1) is 11.9. The van der Waals surface area contributed by atoms with Gasteiger partial charge in [0.15, 0.2) is 0 Å². The van der Waals surface area contributed by atoms with Crippen LogP contribution < -0.4 is 0 Å². The monoisotopic (exact) mass is 347 g/mol. The molecule has 0 aliphatic heterocycles. The lowest BCUT2D eigenvalue weighted by Crippen LogP contribution is -2.39. The van der Waals surface area contributed by atoms with Gasteiger partial charge in [-0.2, -0.15) is 5.26 Å². The number of allylic oxidation sites excluding steroid dienone is 2. The first-order valence-electron chi connectivity index (χ1n) is 10.2. The SMILES string of the molecule is CCOC(=O)C(C#N)C(CC)(CC)C[C@@H]1CC(CC)=C(CC)C[C@@H]1C. The third-order valence-corrected chi connectivity index (χ3v) is 6.58. The number of ether oxygens (including phenoxy) is 1. The van der Waals surface area contributed by atoms with Crippen LogP contribution in [0.1, 0.15) is 86.5 Å². The van der Waals surface area contributed by atoms with Gasteiger partial charge in [0.05, 0.1) is 12.7 Å². The number of nitrogens with zero attached hydrogens (tertiary/aromatic N) is 1. The molecular weight excluding hydrogens is 310 g/mol. The highest BCUT2D eigenvalue weighted by Gasteiger charge is 2.44. The van der Waals surface area contributed by atoms with Gasteiger partial charge in [-0.1, -0.05) is 45.8 Å². The normalized spacial score (nSPS) is 22.4. The van der Waals surface area contributed by atoms with Gasteiger partial charge in [-0.3, -0.25) is 4.79 Å². The molecule has 0 saturated carbocycles. The van der Waals surface area contributed by atoms with E-state index in [4.69, 9.17) is 4.74 Å². The van der Waals surface area contributed by atoms with E-state index in [1.54, 1.807) is 18.1 Å². The van der Waals surface area contributed by atoms with E-state index in [2.05, 4.69) is 40.7 Å². The molecule has 0 fully saturated rings. The van der Waals surface area contributed by atoms with Gasteiger partial charge < -0.3 is 4.74 Å². The summed E-state index contributed by atoms with van der Waals surface area (Å²) < 4.78 is 5.23. The molecule has 1 rings (SSSR count). The number of hydrogen-bond donors (Lipinski definition) is 0. The van der Waals surface area contributed by atoms with Crippen LogP contribution in [0.2, 0.25) is 0 Å². The number of nitriles is 1. The van der Waals surface area contributed by atoms with Crippen LogP contribution in [0, 0.1) is 34.5 Å². The van der Waals surface area contributed by atoms with Crippen molar-refractivity contribution in [3.63, 3.8) is 0 Å². The van der Waals surface area contributed by atoms with Crippen molar-refractivity contribution in [2.24, 2.45) is 23.2 Å². The fourth-order valence-corrected chi connectivity index (χ4v) is 4.68. The molecule has 0 saturated heterocycles. The highest BCUT2D eigenvalue weighted by atomic mass is 16.5. The highest BCUT2D eigenvalue weighted by Crippen LogP contribution is 2.48. The Labute approximate surface area is 154 Å². The minimum atomic E-state index is -0.656. The Morgan fingerprint density at radius 1 is 1.16 bits per heavy atom. The molecule has 0 bridgehead atoms. The van der Waals surface area contributed by atoms with Gasteiger partial charge in [0, 0.05) is 0 Å². The molecule has 3 atom stereocenters. The maximum atomic E-state index is 12.4. The minimum Gasteiger partial charge on any atom is -0.465 e. The Kier molecular flexibility index (Phi) is 8.69. The molecule has 1 aliphatic rings. The predicted molar refractivity (Wildman–Crippen MR) is 103 cm³/mol. The maximum Gasteiger partial charge on any atom is 0.323 e. The standard InChI is InChI=1S/C22H37NO2/c1-7-17-12-16(6)19(13-18(17)8-2)14-22(9-3,10-4)20(15-23)21(24)25-11-5/h16,19-20H,7-14H2,1-6H3/t16-,19-,20?/m0/s1. The average Bonchev–Trinajstić information content (AvgIpc) is 2.62. The first-order valence-corrected chi connectivity index (χ1v) is 10.2. The molecular formula is C22H37NO2. The zero-order chi connectivity index (χ0) is 19.0. The molecule has 142 valence electrons. The zero-order valence-electron chi connectivity index (χ0n) is 17.2. The Bertz CT molecular complexity index is 511. The number of rotatable bonds is 9. The van der Waals surface area contributed by atoms with E-state index in [1.807, 2.05) is 0 Å². The van der Waals surface area contributed by atoms with Crippen LogP contribution in [0.4, 0.5) is 0 Å². The van der Waals surface area contributed by atoms with Crippen molar-refractivity contribution in [1.29, 1.82) is 5.26 Å². The smallest absolute Gasteiger partial charge is 0.323 e. The van der Waals surface area contributed by atoms with Crippen molar-refractivity contribution >= 4 is 5.97 Å². The van der Waals surface area contributed by atoms with Crippen molar-refractivity contribution in [2.75, 3.05) is 6.61 Å². The van der Waals surface area contributed by atoms with Gasteiger partial charge in [-0.05, 0) is 69.1 Å². The molecule has 3 nitrogen and oxygen atoms in total. The van der Waals surface area contributed by atoms with Crippen LogP contribution in [0.25, 0.3) is 0 Å². The number of hydrogen-bond acceptors (Lipinski definition) is 3. The minimum absolute atomic E-state index is 0.275. The van der Waals surface area contributed by atoms with Crippen molar-refractivity contribution in [3.8, 4) is 6.07 Å². The summed E-state index contributed by atoms with van der Waals surface area (Å²) in [5.41, 5.74) is 2.96. The van der Waals surface area contributed by atoms with Gasteiger partial charge in [0.25, 0.3) is 0 Å². The van der Waals surface area contributed by atoms with Crippen LogP contribution in [-0.4, -0.2) is 12.6 Å². The van der Waals surface area contributed by atoms with Gasteiger partial charge in [-0.15, -0.1) is 0 Å². The summed E-state index contributed by atoms with van der Waals surface area (Å²) in [6.45, 7) is 13.2. The molecule has 0 radical (unpaired) electrons. The van der Waals surface area contributed by atoms with Crippen LogP contribution in [0.5, 0.6) is 0 Å². The van der Waals surface area contributed by atoms with Crippen molar-refractivity contribution in [1.82, 2.24) is 0 Å². The molecule has 0 spiro atoms. The topological polar surface area (TPSA) is 50.1 Å². The van der Waals surface area contributed by atoms with Crippen molar-refractivity contribution < 1.29 is 9.53 Å². The van der Waals surface area contributed by atoms with Crippen molar-refractivity contribution in [2.45, 2.75) is 86.5 Å². The summed E-state index contributed by atoms with van der Waals surface area (Å²) in [5.74, 6) is 0.175. The largest absolute Gasteiger partial charge is 0.465 e. The third-order valence-electron chi connectivity index (χ3n) is 6.58. The summed E-state index contributed by atoms with van der Waals surface area (Å²) in [6.07, 6.45) is 7.20.